The predicted octanol–water partition coefficient (Wildman–Crippen LogP) is 4.01. The first-order valence-electron chi connectivity index (χ1n) is 8.73. The average molecular weight is 360 g/mol. The van der Waals surface area contributed by atoms with Gasteiger partial charge in [0, 0.05) is 25.7 Å². The van der Waals surface area contributed by atoms with Crippen LogP contribution in [0.4, 0.5) is 4.79 Å². The van der Waals surface area contributed by atoms with Crippen LogP contribution >= 0.6 is 0 Å². The highest BCUT2D eigenvalue weighted by atomic mass is 16.6. The number of hydrogen-bond donors (Lipinski definition) is 0. The predicted molar refractivity (Wildman–Crippen MR) is 102 cm³/mol. The molecule has 26 heavy (non-hydrogen) atoms. The Morgan fingerprint density at radius 2 is 1.88 bits per heavy atom. The molecule has 1 amide bonds. The molecule has 6 nitrogen and oxygen atoms in total. The lowest BCUT2D eigenvalue weighted by atomic mass is 9.94. The first-order chi connectivity index (χ1) is 12.1. The normalized spacial score (nSPS) is 12.7. The number of carbonyl (C=O) groups excluding carboxylic acids is 2. The summed E-state index contributed by atoms with van der Waals surface area (Å²) >= 11 is 0. The molecular formula is C20H28N2O4. The average Bonchev–Trinajstić information content (AvgIpc) is 2.93. The Labute approximate surface area is 154 Å². The topological polar surface area (TPSA) is 60.8 Å². The second-order valence-corrected chi connectivity index (χ2v) is 7.48. The number of fused-ring (bicyclic) bond motifs is 1. The van der Waals surface area contributed by atoms with E-state index in [2.05, 4.69) is 0 Å². The van der Waals surface area contributed by atoms with Crippen LogP contribution in [0.3, 0.4) is 0 Å². The van der Waals surface area contributed by atoms with Gasteiger partial charge in [-0.15, -0.1) is 0 Å². The van der Waals surface area contributed by atoms with Gasteiger partial charge in [0.1, 0.15) is 11.4 Å². The molecule has 0 bridgehead atoms. The van der Waals surface area contributed by atoms with Crippen LogP contribution < -0.4 is 4.74 Å². The van der Waals surface area contributed by atoms with E-state index in [4.69, 9.17) is 9.47 Å². The molecule has 1 aromatic carbocycles. The molecular weight excluding hydrogens is 332 g/mol. The number of ether oxygens (including phenoxy) is 2. The van der Waals surface area contributed by atoms with Gasteiger partial charge >= 0.3 is 6.09 Å². The fraction of sp³-hybridized carbons (Fsp3) is 0.500. The van der Waals surface area contributed by atoms with Crippen molar-refractivity contribution in [3.8, 4) is 5.75 Å². The van der Waals surface area contributed by atoms with Gasteiger partial charge in [-0.1, -0.05) is 13.0 Å². The summed E-state index contributed by atoms with van der Waals surface area (Å²) in [4.78, 5) is 27.0. The first kappa shape index (κ1) is 19.8. The summed E-state index contributed by atoms with van der Waals surface area (Å²) < 4.78 is 12.5. The maximum Gasteiger partial charge on any atom is 0.419 e. The summed E-state index contributed by atoms with van der Waals surface area (Å²) in [6.45, 7) is 7.42. The number of rotatable bonds is 4. The van der Waals surface area contributed by atoms with E-state index >= 15 is 0 Å². The van der Waals surface area contributed by atoms with Gasteiger partial charge in [0.15, 0.2) is 0 Å². The summed E-state index contributed by atoms with van der Waals surface area (Å²) in [5.74, 6) is 0.249. The smallest absolute Gasteiger partial charge is 0.419 e. The van der Waals surface area contributed by atoms with Gasteiger partial charge in [-0.05, 0) is 44.9 Å². The molecule has 0 N–H and O–H groups in total. The summed E-state index contributed by atoms with van der Waals surface area (Å²) in [6, 6.07) is 5.48. The van der Waals surface area contributed by atoms with Crippen molar-refractivity contribution < 1.29 is 19.1 Å². The van der Waals surface area contributed by atoms with Gasteiger partial charge in [0.05, 0.1) is 18.5 Å². The number of amides is 1. The lowest BCUT2D eigenvalue weighted by molar-refractivity contribution is -0.130. The highest BCUT2D eigenvalue weighted by Crippen LogP contribution is 2.37. The Hall–Kier alpha value is -2.50. The summed E-state index contributed by atoms with van der Waals surface area (Å²) in [5, 5.41) is 0.767. The minimum atomic E-state index is -0.615. The quantitative estimate of drug-likeness (QED) is 0.826. The van der Waals surface area contributed by atoms with Crippen LogP contribution in [0.25, 0.3) is 10.9 Å². The second-order valence-electron chi connectivity index (χ2n) is 7.48. The molecule has 142 valence electrons. The lowest BCUT2D eigenvalue weighted by Gasteiger charge is -2.20. The fourth-order valence-corrected chi connectivity index (χ4v) is 3.02. The zero-order valence-corrected chi connectivity index (χ0v) is 16.6. The minimum Gasteiger partial charge on any atom is -0.496 e. The Morgan fingerprint density at radius 1 is 1.23 bits per heavy atom. The Bertz CT molecular complexity index is 815. The van der Waals surface area contributed by atoms with E-state index in [1.54, 1.807) is 32.3 Å². The van der Waals surface area contributed by atoms with Crippen LogP contribution in [0.1, 0.15) is 45.6 Å². The van der Waals surface area contributed by atoms with Gasteiger partial charge < -0.3 is 14.4 Å². The van der Waals surface area contributed by atoms with Crippen LogP contribution in [-0.4, -0.2) is 48.3 Å². The third-order valence-electron chi connectivity index (χ3n) is 4.15. The molecule has 0 aliphatic rings. The Kier molecular flexibility index (Phi) is 5.64. The number of benzene rings is 1. The monoisotopic (exact) mass is 360 g/mol. The molecule has 0 spiro atoms. The van der Waals surface area contributed by atoms with Gasteiger partial charge in [0.25, 0.3) is 0 Å². The molecule has 2 rings (SSSR count). The van der Waals surface area contributed by atoms with Crippen LogP contribution in [0.2, 0.25) is 0 Å². The maximum atomic E-state index is 12.7. The van der Waals surface area contributed by atoms with Crippen LogP contribution in [0.15, 0.2) is 24.4 Å². The van der Waals surface area contributed by atoms with Gasteiger partial charge in [-0.2, -0.15) is 0 Å². The molecule has 1 atom stereocenters. The highest BCUT2D eigenvalue weighted by molar-refractivity contribution is 5.99. The van der Waals surface area contributed by atoms with Crippen molar-refractivity contribution in [3.63, 3.8) is 0 Å². The molecule has 0 saturated carbocycles. The Balaban J connectivity index is 2.70. The van der Waals surface area contributed by atoms with Crippen molar-refractivity contribution in [3.05, 3.63) is 30.0 Å². The molecule has 0 fully saturated rings. The van der Waals surface area contributed by atoms with Crippen molar-refractivity contribution in [1.29, 1.82) is 0 Å². The lowest BCUT2D eigenvalue weighted by Crippen LogP contribution is -2.28. The molecule has 6 heteroatoms. The number of likely N-dealkylation sites (N-methyl/N-ethyl adjacent to an activating group) is 1. The van der Waals surface area contributed by atoms with E-state index in [-0.39, 0.29) is 11.8 Å². The van der Waals surface area contributed by atoms with Crippen molar-refractivity contribution in [2.24, 2.45) is 0 Å². The van der Waals surface area contributed by atoms with Crippen molar-refractivity contribution in [2.45, 2.75) is 45.6 Å². The van der Waals surface area contributed by atoms with E-state index in [0.29, 0.717) is 17.7 Å². The fourth-order valence-electron chi connectivity index (χ4n) is 3.02. The SMILES string of the molecule is CCC(C(=O)N(C)C)c1cn(C(=O)OC(C)(C)C)c2cccc(OC)c12. The highest BCUT2D eigenvalue weighted by Gasteiger charge is 2.28. The van der Waals surface area contributed by atoms with E-state index in [0.717, 1.165) is 10.9 Å². The van der Waals surface area contributed by atoms with Gasteiger partial charge in [-0.25, -0.2) is 4.79 Å². The summed E-state index contributed by atoms with van der Waals surface area (Å²) in [7, 11) is 5.04. The number of nitrogens with zero attached hydrogens (tertiary/aromatic N) is 2. The number of methoxy groups -OCH3 is 1. The third kappa shape index (κ3) is 3.84. The van der Waals surface area contributed by atoms with Gasteiger partial charge in [-0.3, -0.25) is 9.36 Å². The van der Waals surface area contributed by atoms with E-state index < -0.39 is 11.7 Å². The van der Waals surface area contributed by atoms with E-state index in [9.17, 15) is 9.59 Å². The van der Waals surface area contributed by atoms with Crippen LogP contribution in [0.5, 0.6) is 5.75 Å². The van der Waals surface area contributed by atoms with Crippen molar-refractivity contribution >= 4 is 22.9 Å². The van der Waals surface area contributed by atoms with Crippen LogP contribution in [0, 0.1) is 0 Å². The Morgan fingerprint density at radius 3 is 2.38 bits per heavy atom. The zero-order valence-electron chi connectivity index (χ0n) is 16.6. The maximum absolute atomic E-state index is 12.7. The van der Waals surface area contributed by atoms with Crippen LogP contribution in [-0.2, 0) is 9.53 Å². The third-order valence-corrected chi connectivity index (χ3v) is 4.15. The molecule has 1 heterocycles. The summed E-state index contributed by atoms with van der Waals surface area (Å²) in [6.07, 6.45) is 1.84. The molecule has 1 unspecified atom stereocenters. The molecule has 2 aromatic rings. The van der Waals surface area contributed by atoms with Crippen molar-refractivity contribution in [2.75, 3.05) is 21.2 Å². The number of hydrogen-bond acceptors (Lipinski definition) is 4. The molecule has 1 aromatic heterocycles. The molecule has 0 aliphatic heterocycles. The van der Waals surface area contributed by atoms with Gasteiger partial charge in [0.2, 0.25) is 5.91 Å². The van der Waals surface area contributed by atoms with Crippen molar-refractivity contribution in [1.82, 2.24) is 9.47 Å². The molecule has 0 saturated heterocycles. The summed E-state index contributed by atoms with van der Waals surface area (Å²) in [5.41, 5.74) is 0.819. The molecule has 0 radical (unpaired) electrons. The molecule has 0 aliphatic carbocycles. The standard InChI is InChI=1S/C20H28N2O4/c1-8-13(18(23)21(5)6)14-12-22(19(24)26-20(2,3)4)15-10-9-11-16(25-7)17(14)15/h9-13H,8H2,1-7H3. The van der Waals surface area contributed by atoms with E-state index in [1.165, 1.54) is 4.57 Å². The number of carbonyl (C=O) groups is 2. The first-order valence-corrected chi connectivity index (χ1v) is 8.73. The zero-order chi connectivity index (χ0) is 19.6. The largest absolute Gasteiger partial charge is 0.496 e. The second kappa shape index (κ2) is 7.40. The minimum absolute atomic E-state index is 0.0124. The van der Waals surface area contributed by atoms with E-state index in [1.807, 2.05) is 45.9 Å². The number of aromatic nitrogens is 1.